The Hall–Kier alpha value is -0.650. The fourth-order valence-electron chi connectivity index (χ4n) is 2.56. The van der Waals surface area contributed by atoms with Gasteiger partial charge in [-0.2, -0.15) is 8.42 Å². The van der Waals surface area contributed by atoms with Gasteiger partial charge < -0.3 is 5.32 Å². The maximum atomic E-state index is 12.6. The summed E-state index contributed by atoms with van der Waals surface area (Å²) in [5.74, 6) is -0.793. The van der Waals surface area contributed by atoms with E-state index in [0.29, 0.717) is 12.8 Å². The third-order valence-electron chi connectivity index (χ3n) is 3.05. The highest BCUT2D eigenvalue weighted by molar-refractivity contribution is 7.86. The summed E-state index contributed by atoms with van der Waals surface area (Å²) in [7, 11) is -4.51. The summed E-state index contributed by atoms with van der Waals surface area (Å²) < 4.78 is 33.7. The maximum absolute atomic E-state index is 12.6. The van der Waals surface area contributed by atoms with Crippen molar-refractivity contribution in [3.8, 4) is 0 Å². The van der Waals surface area contributed by atoms with E-state index < -0.39 is 21.5 Å². The number of halogens is 1. The van der Waals surface area contributed by atoms with Gasteiger partial charge in [0, 0.05) is 5.92 Å². The van der Waals surface area contributed by atoms with Crippen LogP contribution >= 0.6 is 0 Å². The molecule has 14 heavy (non-hydrogen) atoms. The van der Waals surface area contributed by atoms with Crippen molar-refractivity contribution in [2.75, 3.05) is 5.75 Å². The Morgan fingerprint density at radius 2 is 2.29 bits per heavy atom. The van der Waals surface area contributed by atoms with Crippen LogP contribution in [-0.4, -0.2) is 25.6 Å². The van der Waals surface area contributed by atoms with E-state index >= 15 is 0 Å². The van der Waals surface area contributed by atoms with E-state index in [2.05, 4.69) is 5.32 Å². The van der Waals surface area contributed by atoms with Crippen molar-refractivity contribution in [3.63, 3.8) is 0 Å². The number of rotatable bonds is 2. The van der Waals surface area contributed by atoms with Crippen molar-refractivity contribution in [2.45, 2.75) is 31.2 Å². The molecule has 80 valence electrons. The average Bonchev–Trinajstić information content (AvgIpc) is 2.19. The fourth-order valence-corrected chi connectivity index (χ4v) is 3.55. The molecule has 2 rings (SSSR count). The van der Waals surface area contributed by atoms with Crippen LogP contribution in [0.1, 0.15) is 25.7 Å². The zero-order valence-corrected chi connectivity index (χ0v) is 8.44. The lowest BCUT2D eigenvalue weighted by molar-refractivity contribution is -0.122. The van der Waals surface area contributed by atoms with E-state index in [0.717, 1.165) is 12.8 Å². The third-order valence-corrected chi connectivity index (χ3v) is 3.95. The Labute approximate surface area is 82.1 Å². The molecule has 0 aromatic heterocycles. The minimum Gasteiger partial charge on any atom is -0.349 e. The van der Waals surface area contributed by atoms with Gasteiger partial charge in [0.2, 0.25) is 5.91 Å². The predicted molar refractivity (Wildman–Crippen MR) is 47.7 cm³/mol. The minimum absolute atomic E-state index is 0.106. The highest BCUT2D eigenvalue weighted by atomic mass is 32.3. The number of carbonyl (C=O) groups excluding carboxylic acids is 1. The van der Waals surface area contributed by atoms with Crippen LogP contribution in [0.5, 0.6) is 0 Å². The van der Waals surface area contributed by atoms with Crippen molar-refractivity contribution in [2.24, 2.45) is 5.92 Å². The molecule has 1 saturated heterocycles. The Morgan fingerprint density at radius 1 is 1.57 bits per heavy atom. The third kappa shape index (κ3) is 1.75. The molecular formula is C8H12FNO3S. The summed E-state index contributed by atoms with van der Waals surface area (Å²) in [6.07, 6.45) is 2.62. The molecule has 0 aromatic rings. The zero-order valence-electron chi connectivity index (χ0n) is 7.62. The van der Waals surface area contributed by atoms with Crippen molar-refractivity contribution >= 4 is 16.1 Å². The van der Waals surface area contributed by atoms with Crippen molar-refractivity contribution < 1.29 is 17.1 Å². The van der Waals surface area contributed by atoms with Crippen LogP contribution in [0.15, 0.2) is 0 Å². The normalized spacial score (nSPS) is 36.9. The topological polar surface area (TPSA) is 63.2 Å². The van der Waals surface area contributed by atoms with Crippen LogP contribution in [0.3, 0.4) is 0 Å². The van der Waals surface area contributed by atoms with E-state index in [1.807, 2.05) is 0 Å². The van der Waals surface area contributed by atoms with E-state index in [4.69, 9.17) is 0 Å². The number of hydrogen-bond donors (Lipinski definition) is 1. The average molecular weight is 221 g/mol. The molecule has 0 aromatic carbocycles. The molecule has 1 amide bonds. The van der Waals surface area contributed by atoms with Crippen LogP contribution in [0.4, 0.5) is 3.89 Å². The molecule has 1 aliphatic heterocycles. The predicted octanol–water partition coefficient (Wildman–Crippen LogP) is 0.344. The largest absolute Gasteiger partial charge is 0.349 e. The van der Waals surface area contributed by atoms with E-state index in [9.17, 15) is 17.1 Å². The summed E-state index contributed by atoms with van der Waals surface area (Å²) >= 11 is 0. The molecule has 0 radical (unpaired) electrons. The van der Waals surface area contributed by atoms with Crippen LogP contribution in [0.25, 0.3) is 0 Å². The number of hydrogen-bond acceptors (Lipinski definition) is 3. The molecule has 2 bridgehead atoms. The van der Waals surface area contributed by atoms with Gasteiger partial charge >= 0.3 is 10.2 Å². The molecular weight excluding hydrogens is 209 g/mol. The minimum atomic E-state index is -4.51. The van der Waals surface area contributed by atoms with Gasteiger partial charge in [0.25, 0.3) is 0 Å². The molecule has 2 aliphatic rings. The van der Waals surface area contributed by atoms with E-state index in [-0.39, 0.29) is 11.8 Å². The first-order valence-electron chi connectivity index (χ1n) is 4.65. The summed E-state index contributed by atoms with van der Waals surface area (Å²) in [6.45, 7) is 0. The molecule has 2 atom stereocenters. The molecule has 2 unspecified atom stereocenters. The first-order chi connectivity index (χ1) is 6.40. The van der Waals surface area contributed by atoms with Crippen molar-refractivity contribution in [1.82, 2.24) is 5.32 Å². The fraction of sp³-hybridized carbons (Fsp3) is 0.875. The lowest BCUT2D eigenvalue weighted by atomic mass is 9.81. The summed E-state index contributed by atoms with van der Waals surface area (Å²) in [5, 5.41) is 2.63. The van der Waals surface area contributed by atoms with Crippen LogP contribution in [-0.2, 0) is 15.0 Å². The Kier molecular flexibility index (Phi) is 2.06. The number of amides is 1. The molecule has 0 spiro atoms. The summed E-state index contributed by atoms with van der Waals surface area (Å²) in [5.41, 5.74) is -0.812. The van der Waals surface area contributed by atoms with Gasteiger partial charge in [-0.25, -0.2) is 0 Å². The Morgan fingerprint density at radius 3 is 2.93 bits per heavy atom. The highest BCUT2D eigenvalue weighted by Gasteiger charge is 2.49. The zero-order chi connectivity index (χ0) is 10.4. The van der Waals surface area contributed by atoms with Gasteiger partial charge in [0.1, 0.15) is 5.75 Å². The number of fused-ring (bicyclic) bond motifs is 2. The molecule has 1 N–H and O–H groups in total. The maximum Gasteiger partial charge on any atom is 0.304 e. The number of carbonyl (C=O) groups is 1. The SMILES string of the molecule is O=C1NC2(CS(=O)(=O)F)CCCC1C2. The van der Waals surface area contributed by atoms with Crippen LogP contribution in [0.2, 0.25) is 0 Å². The molecule has 4 nitrogen and oxygen atoms in total. The molecule has 6 heteroatoms. The smallest absolute Gasteiger partial charge is 0.304 e. The van der Waals surface area contributed by atoms with Crippen molar-refractivity contribution in [3.05, 3.63) is 0 Å². The lowest BCUT2D eigenvalue weighted by Crippen LogP contribution is -2.46. The molecule has 2 fully saturated rings. The van der Waals surface area contributed by atoms with Gasteiger partial charge in [-0.15, -0.1) is 3.89 Å². The van der Waals surface area contributed by atoms with Crippen molar-refractivity contribution in [1.29, 1.82) is 0 Å². The van der Waals surface area contributed by atoms with Gasteiger partial charge in [-0.1, -0.05) is 6.42 Å². The molecule has 1 heterocycles. The quantitative estimate of drug-likeness (QED) is 0.684. The second-order valence-corrected chi connectivity index (χ2v) is 5.61. The van der Waals surface area contributed by atoms with E-state index in [1.54, 1.807) is 0 Å². The first-order valence-corrected chi connectivity index (χ1v) is 6.20. The monoisotopic (exact) mass is 221 g/mol. The summed E-state index contributed by atoms with van der Waals surface area (Å²) in [6, 6.07) is 0. The van der Waals surface area contributed by atoms with Gasteiger partial charge in [-0.05, 0) is 19.3 Å². The van der Waals surface area contributed by atoms with Crippen LogP contribution in [0, 0.1) is 5.92 Å². The van der Waals surface area contributed by atoms with Gasteiger partial charge in [0.15, 0.2) is 0 Å². The molecule has 1 saturated carbocycles. The molecule has 1 aliphatic carbocycles. The Bertz CT molecular complexity index is 367. The standard InChI is InChI=1S/C8H12FNO3S/c9-14(12,13)5-8-3-1-2-6(4-8)7(11)10-8/h6H,1-5H2,(H,10,11). The van der Waals surface area contributed by atoms with E-state index in [1.165, 1.54) is 0 Å². The van der Waals surface area contributed by atoms with Gasteiger partial charge in [0.05, 0.1) is 5.54 Å². The second-order valence-electron chi connectivity index (χ2n) is 4.25. The second kappa shape index (κ2) is 2.92. The number of nitrogens with one attached hydrogen (secondary N) is 1. The first kappa shape index (κ1) is 9.89. The highest BCUT2D eigenvalue weighted by Crippen LogP contribution is 2.39. The Balaban J connectivity index is 2.21. The summed E-state index contributed by atoms with van der Waals surface area (Å²) in [4.78, 5) is 11.3. The van der Waals surface area contributed by atoms with Gasteiger partial charge in [-0.3, -0.25) is 4.79 Å². The lowest BCUT2D eigenvalue weighted by Gasteiger charge is -2.30. The van der Waals surface area contributed by atoms with Crippen LogP contribution < -0.4 is 5.32 Å².